The van der Waals surface area contributed by atoms with Gasteiger partial charge in [0.1, 0.15) is 18.1 Å². The third kappa shape index (κ3) is 12.3. The number of esters is 3. The van der Waals surface area contributed by atoms with Gasteiger partial charge in [-0.15, -0.1) is 0 Å². The van der Waals surface area contributed by atoms with Gasteiger partial charge in [0, 0.05) is 6.08 Å². The molecule has 0 spiro atoms. The van der Waals surface area contributed by atoms with Gasteiger partial charge in [0.05, 0.1) is 58.4 Å². The number of unbranched alkanes of at least 4 members (excludes halogenated alkanes) is 3. The van der Waals surface area contributed by atoms with Crippen LogP contribution < -0.4 is 28.4 Å². The van der Waals surface area contributed by atoms with Crippen LogP contribution in [0, 0.1) is 0 Å². The van der Waals surface area contributed by atoms with Crippen LogP contribution in [0.3, 0.4) is 0 Å². The monoisotopic (exact) mass is 652 g/mol. The molecule has 252 valence electrons. The van der Waals surface area contributed by atoms with Crippen LogP contribution in [0.25, 0.3) is 0 Å². The maximum Gasteiger partial charge on any atom is 0.343 e. The number of benzene rings is 3. The molecule has 0 aliphatic carbocycles. The lowest BCUT2D eigenvalue weighted by Crippen LogP contribution is -2.11. The molecule has 0 bridgehead atoms. The van der Waals surface area contributed by atoms with Crippen molar-refractivity contribution in [3.05, 3.63) is 84.4 Å². The molecule has 12 nitrogen and oxygen atoms in total. The van der Waals surface area contributed by atoms with Crippen LogP contribution in [0.2, 0.25) is 0 Å². The standard InChI is InChI=1S/C35H40O12/c1-4-33(37)45-19-8-6-5-7-18-43-29-15-9-25(23-31(29)40-2)34(38)46-27-11-13-28(14-12-27)47-35(39)26-10-16-30(32(24-26)41-3)44-22-21-42-20-17-36/h4,9-16,23-24,36H,1,5-8,17-22H2,2-3H3. The van der Waals surface area contributed by atoms with Crippen LogP contribution in [0.1, 0.15) is 46.4 Å². The molecule has 0 aliphatic heterocycles. The summed E-state index contributed by atoms with van der Waals surface area (Å²) in [6, 6.07) is 15.4. The number of ether oxygens (including phenoxy) is 8. The molecule has 0 aliphatic rings. The summed E-state index contributed by atoms with van der Waals surface area (Å²) in [6.45, 7) is 4.86. The Kier molecular flexibility index (Phi) is 15.6. The summed E-state index contributed by atoms with van der Waals surface area (Å²) >= 11 is 0. The van der Waals surface area contributed by atoms with E-state index < -0.39 is 17.9 Å². The number of rotatable bonds is 21. The fraction of sp³-hybridized carbons (Fsp3) is 0.343. The van der Waals surface area contributed by atoms with Gasteiger partial charge in [-0.3, -0.25) is 0 Å². The number of hydrogen-bond acceptors (Lipinski definition) is 12. The average molecular weight is 653 g/mol. The first-order valence-corrected chi connectivity index (χ1v) is 15.0. The van der Waals surface area contributed by atoms with Crippen LogP contribution in [0.4, 0.5) is 0 Å². The van der Waals surface area contributed by atoms with Gasteiger partial charge in [-0.1, -0.05) is 6.58 Å². The highest BCUT2D eigenvalue weighted by Gasteiger charge is 2.16. The molecular weight excluding hydrogens is 612 g/mol. The minimum absolute atomic E-state index is 0.0709. The van der Waals surface area contributed by atoms with Crippen LogP contribution >= 0.6 is 0 Å². The van der Waals surface area contributed by atoms with Crippen LogP contribution in [0.5, 0.6) is 34.5 Å². The Labute approximate surface area is 273 Å². The average Bonchev–Trinajstić information content (AvgIpc) is 3.09. The predicted octanol–water partition coefficient (Wildman–Crippen LogP) is 5.20. The first-order valence-electron chi connectivity index (χ1n) is 15.0. The lowest BCUT2D eigenvalue weighted by atomic mass is 10.2. The smallest absolute Gasteiger partial charge is 0.343 e. The molecule has 0 fully saturated rings. The third-order valence-corrected chi connectivity index (χ3v) is 6.47. The topological polar surface area (TPSA) is 145 Å². The fourth-order valence-corrected chi connectivity index (χ4v) is 4.08. The first-order chi connectivity index (χ1) is 22.9. The lowest BCUT2D eigenvalue weighted by molar-refractivity contribution is -0.137. The van der Waals surface area contributed by atoms with E-state index in [-0.39, 0.29) is 49.1 Å². The van der Waals surface area contributed by atoms with E-state index in [1.165, 1.54) is 50.6 Å². The molecule has 0 saturated heterocycles. The second-order valence-electron chi connectivity index (χ2n) is 9.80. The highest BCUT2D eigenvalue weighted by atomic mass is 16.6. The Morgan fingerprint density at radius 3 is 1.64 bits per heavy atom. The molecule has 1 N–H and O–H groups in total. The zero-order chi connectivity index (χ0) is 33.9. The third-order valence-electron chi connectivity index (χ3n) is 6.47. The van der Waals surface area contributed by atoms with E-state index in [1.807, 2.05) is 0 Å². The summed E-state index contributed by atoms with van der Waals surface area (Å²) in [6.07, 6.45) is 4.50. The van der Waals surface area contributed by atoms with Gasteiger partial charge in [-0.25, -0.2) is 14.4 Å². The fourth-order valence-electron chi connectivity index (χ4n) is 4.08. The molecule has 0 heterocycles. The van der Waals surface area contributed by atoms with Crippen molar-refractivity contribution in [2.75, 3.05) is 53.9 Å². The number of hydrogen-bond donors (Lipinski definition) is 1. The van der Waals surface area contributed by atoms with Crippen molar-refractivity contribution in [1.29, 1.82) is 0 Å². The molecule has 0 unspecified atom stereocenters. The Balaban J connectivity index is 1.47. The van der Waals surface area contributed by atoms with Crippen LogP contribution in [-0.4, -0.2) is 76.9 Å². The summed E-state index contributed by atoms with van der Waals surface area (Å²) in [4.78, 5) is 36.6. The Bertz CT molecular complexity index is 1450. The second kappa shape index (κ2) is 20.1. The predicted molar refractivity (Wildman–Crippen MR) is 171 cm³/mol. The van der Waals surface area contributed by atoms with Crippen molar-refractivity contribution in [3.8, 4) is 34.5 Å². The van der Waals surface area contributed by atoms with Crippen molar-refractivity contribution in [3.63, 3.8) is 0 Å². The van der Waals surface area contributed by atoms with Crippen LogP contribution in [-0.2, 0) is 14.3 Å². The molecule has 0 aromatic heterocycles. The van der Waals surface area contributed by atoms with Crippen molar-refractivity contribution < 1.29 is 57.4 Å². The zero-order valence-electron chi connectivity index (χ0n) is 26.6. The van der Waals surface area contributed by atoms with E-state index in [9.17, 15) is 14.4 Å². The van der Waals surface area contributed by atoms with Gasteiger partial charge in [-0.2, -0.15) is 0 Å². The summed E-state index contributed by atoms with van der Waals surface area (Å²) in [7, 11) is 2.94. The van der Waals surface area contributed by atoms with Crippen molar-refractivity contribution in [1.82, 2.24) is 0 Å². The normalized spacial score (nSPS) is 10.4. The Morgan fingerprint density at radius 1 is 0.638 bits per heavy atom. The van der Waals surface area contributed by atoms with E-state index in [0.29, 0.717) is 36.2 Å². The van der Waals surface area contributed by atoms with Gasteiger partial charge in [-0.05, 0) is 86.3 Å². The number of carbonyl (C=O) groups is 3. The highest BCUT2D eigenvalue weighted by Crippen LogP contribution is 2.30. The highest BCUT2D eigenvalue weighted by molar-refractivity contribution is 5.92. The molecule has 0 saturated carbocycles. The zero-order valence-corrected chi connectivity index (χ0v) is 26.6. The maximum atomic E-state index is 12.8. The van der Waals surface area contributed by atoms with Gasteiger partial charge < -0.3 is 43.0 Å². The van der Waals surface area contributed by atoms with Gasteiger partial charge in [0.25, 0.3) is 0 Å². The summed E-state index contributed by atoms with van der Waals surface area (Å²) in [5.41, 5.74) is 0.504. The maximum absolute atomic E-state index is 12.8. The lowest BCUT2D eigenvalue weighted by Gasteiger charge is -2.13. The van der Waals surface area contributed by atoms with Crippen LogP contribution in [0.15, 0.2) is 73.3 Å². The van der Waals surface area contributed by atoms with E-state index in [4.69, 9.17) is 43.0 Å². The van der Waals surface area contributed by atoms with Crippen molar-refractivity contribution in [2.45, 2.75) is 25.7 Å². The molecule has 0 atom stereocenters. The second-order valence-corrected chi connectivity index (χ2v) is 9.80. The largest absolute Gasteiger partial charge is 0.493 e. The molecule has 12 heteroatoms. The van der Waals surface area contributed by atoms with Gasteiger partial charge in [0.2, 0.25) is 0 Å². The Hall–Kier alpha value is -5.07. The molecule has 0 radical (unpaired) electrons. The van der Waals surface area contributed by atoms with E-state index in [1.54, 1.807) is 24.3 Å². The number of aliphatic hydroxyl groups is 1. The molecule has 3 rings (SSSR count). The van der Waals surface area contributed by atoms with Crippen molar-refractivity contribution >= 4 is 17.9 Å². The number of methoxy groups -OCH3 is 2. The van der Waals surface area contributed by atoms with E-state index >= 15 is 0 Å². The van der Waals surface area contributed by atoms with E-state index in [2.05, 4.69) is 6.58 Å². The number of carbonyl (C=O) groups excluding carboxylic acids is 3. The number of aliphatic hydroxyl groups excluding tert-OH is 1. The SMILES string of the molecule is C=CC(=O)OCCCCCCOc1ccc(C(=O)Oc2ccc(OC(=O)c3ccc(OCCOCCO)c(OC)c3)cc2)cc1OC. The summed E-state index contributed by atoms with van der Waals surface area (Å²) < 4.78 is 43.2. The molecular formula is C35H40O12. The Morgan fingerprint density at radius 2 is 1.15 bits per heavy atom. The molecule has 47 heavy (non-hydrogen) atoms. The van der Waals surface area contributed by atoms with Crippen molar-refractivity contribution in [2.24, 2.45) is 0 Å². The summed E-state index contributed by atoms with van der Waals surface area (Å²) in [5, 5.41) is 8.76. The molecule has 0 amide bonds. The molecule has 3 aromatic rings. The first kappa shape index (κ1) is 36.4. The minimum atomic E-state index is -0.619. The minimum Gasteiger partial charge on any atom is -0.493 e. The molecule has 3 aromatic carbocycles. The summed E-state index contributed by atoms with van der Waals surface area (Å²) in [5.74, 6) is 0.511. The van der Waals surface area contributed by atoms with Gasteiger partial charge in [0.15, 0.2) is 23.0 Å². The van der Waals surface area contributed by atoms with Gasteiger partial charge >= 0.3 is 17.9 Å². The van der Waals surface area contributed by atoms with E-state index in [0.717, 1.165) is 31.8 Å². The quantitative estimate of drug-likeness (QED) is 0.0699.